The quantitative estimate of drug-likeness (QED) is 0.877. The Morgan fingerprint density at radius 1 is 1.31 bits per heavy atom. The van der Waals surface area contributed by atoms with E-state index in [1.54, 1.807) is 19.2 Å². The number of nitrogens with one attached hydrogen (secondary N) is 1. The van der Waals surface area contributed by atoms with Crippen LogP contribution in [0, 0.1) is 0 Å². The van der Waals surface area contributed by atoms with Crippen molar-refractivity contribution in [2.75, 3.05) is 19.0 Å². The Morgan fingerprint density at radius 3 is 2.44 bits per heavy atom. The van der Waals surface area contributed by atoms with Crippen molar-refractivity contribution in [1.82, 2.24) is 0 Å². The molecule has 90 valence electrons. The van der Waals surface area contributed by atoms with Gasteiger partial charge in [-0.25, -0.2) is 0 Å². The van der Waals surface area contributed by atoms with Crippen LogP contribution < -0.4 is 15.8 Å². The summed E-state index contributed by atoms with van der Waals surface area (Å²) >= 11 is 12.1. The monoisotopic (exact) mass is 262 g/mol. The van der Waals surface area contributed by atoms with Gasteiger partial charge in [0.1, 0.15) is 5.75 Å². The van der Waals surface area contributed by atoms with E-state index in [9.17, 15) is 0 Å². The average Bonchev–Trinajstić information content (AvgIpc) is 2.17. The van der Waals surface area contributed by atoms with Crippen molar-refractivity contribution in [3.05, 3.63) is 22.2 Å². The Kier molecular flexibility index (Phi) is 4.30. The van der Waals surface area contributed by atoms with Gasteiger partial charge in [-0.05, 0) is 19.9 Å². The molecular formula is C11H16Cl2N2O. The van der Waals surface area contributed by atoms with Crippen LogP contribution in [-0.2, 0) is 0 Å². The van der Waals surface area contributed by atoms with Gasteiger partial charge >= 0.3 is 0 Å². The lowest BCUT2D eigenvalue weighted by atomic mass is 10.1. The van der Waals surface area contributed by atoms with Crippen molar-refractivity contribution in [1.29, 1.82) is 0 Å². The predicted octanol–water partition coefficient (Wildman–Crippen LogP) is 3.15. The van der Waals surface area contributed by atoms with Crippen LogP contribution in [0.15, 0.2) is 12.1 Å². The number of rotatable bonds is 4. The van der Waals surface area contributed by atoms with E-state index in [-0.39, 0.29) is 5.54 Å². The van der Waals surface area contributed by atoms with E-state index in [0.717, 1.165) is 5.69 Å². The molecule has 0 aromatic heterocycles. The molecule has 0 aliphatic rings. The van der Waals surface area contributed by atoms with E-state index in [0.29, 0.717) is 22.3 Å². The Balaban J connectivity index is 2.86. The molecule has 0 bridgehead atoms. The summed E-state index contributed by atoms with van der Waals surface area (Å²) in [5, 5.41) is 4.23. The average molecular weight is 263 g/mol. The number of benzene rings is 1. The van der Waals surface area contributed by atoms with Crippen LogP contribution in [0.25, 0.3) is 0 Å². The maximum atomic E-state index is 6.07. The molecule has 0 aliphatic carbocycles. The summed E-state index contributed by atoms with van der Waals surface area (Å²) in [6, 6.07) is 3.41. The molecule has 3 N–H and O–H groups in total. The first-order valence-electron chi connectivity index (χ1n) is 4.89. The third-order valence-corrected chi connectivity index (χ3v) is 2.58. The summed E-state index contributed by atoms with van der Waals surface area (Å²) in [5.41, 5.74) is 6.31. The zero-order valence-electron chi connectivity index (χ0n) is 9.60. The smallest absolute Gasteiger partial charge is 0.139 e. The minimum atomic E-state index is -0.310. The fourth-order valence-electron chi connectivity index (χ4n) is 1.14. The molecule has 1 aromatic rings. The second kappa shape index (κ2) is 5.13. The zero-order valence-corrected chi connectivity index (χ0v) is 11.1. The van der Waals surface area contributed by atoms with Gasteiger partial charge in [0.15, 0.2) is 0 Å². The Bertz CT molecular complexity index is 375. The highest BCUT2D eigenvalue weighted by Crippen LogP contribution is 2.34. The van der Waals surface area contributed by atoms with Crippen LogP contribution in [0.1, 0.15) is 13.8 Å². The van der Waals surface area contributed by atoms with Crippen molar-refractivity contribution in [2.24, 2.45) is 5.73 Å². The maximum Gasteiger partial charge on any atom is 0.139 e. The summed E-state index contributed by atoms with van der Waals surface area (Å²) < 4.78 is 5.06. The van der Waals surface area contributed by atoms with Gasteiger partial charge in [0.25, 0.3) is 0 Å². The van der Waals surface area contributed by atoms with Crippen molar-refractivity contribution in [2.45, 2.75) is 19.4 Å². The van der Waals surface area contributed by atoms with Crippen molar-refractivity contribution < 1.29 is 4.74 Å². The van der Waals surface area contributed by atoms with E-state index in [4.69, 9.17) is 33.7 Å². The summed E-state index contributed by atoms with van der Waals surface area (Å²) in [6.07, 6.45) is 0. The zero-order chi connectivity index (χ0) is 12.3. The number of hydrogen-bond donors (Lipinski definition) is 2. The molecule has 0 aliphatic heterocycles. The van der Waals surface area contributed by atoms with Crippen LogP contribution >= 0.6 is 23.2 Å². The van der Waals surface area contributed by atoms with E-state index in [1.807, 2.05) is 13.8 Å². The first-order valence-corrected chi connectivity index (χ1v) is 5.65. The lowest BCUT2D eigenvalue weighted by Crippen LogP contribution is -2.39. The molecule has 0 heterocycles. The lowest BCUT2D eigenvalue weighted by molar-refractivity contribution is 0.415. The van der Waals surface area contributed by atoms with E-state index in [1.165, 1.54) is 0 Å². The molecule has 0 amide bonds. The third kappa shape index (κ3) is 3.74. The van der Waals surface area contributed by atoms with Crippen LogP contribution in [0.3, 0.4) is 0 Å². The van der Waals surface area contributed by atoms with Gasteiger partial charge in [-0.3, -0.25) is 0 Å². The van der Waals surface area contributed by atoms with Crippen molar-refractivity contribution in [3.8, 4) is 5.75 Å². The molecular weight excluding hydrogens is 247 g/mol. The summed E-state index contributed by atoms with van der Waals surface area (Å²) in [5.74, 6) is 0.559. The number of nitrogens with two attached hydrogens (primary N) is 1. The molecule has 0 saturated heterocycles. The molecule has 16 heavy (non-hydrogen) atoms. The molecule has 3 nitrogen and oxygen atoms in total. The van der Waals surface area contributed by atoms with Crippen molar-refractivity contribution >= 4 is 28.9 Å². The molecule has 0 spiro atoms. The highest BCUT2D eigenvalue weighted by molar-refractivity contribution is 6.36. The summed E-state index contributed by atoms with van der Waals surface area (Å²) in [6.45, 7) is 4.47. The molecule has 0 unspecified atom stereocenters. The number of anilines is 1. The normalized spacial score (nSPS) is 11.4. The fraction of sp³-hybridized carbons (Fsp3) is 0.455. The van der Waals surface area contributed by atoms with Crippen LogP contribution in [-0.4, -0.2) is 19.2 Å². The first-order chi connectivity index (χ1) is 7.33. The Labute approximate surface area is 106 Å². The van der Waals surface area contributed by atoms with Gasteiger partial charge in [-0.2, -0.15) is 0 Å². The molecule has 1 aromatic carbocycles. The maximum absolute atomic E-state index is 6.07. The van der Waals surface area contributed by atoms with E-state index in [2.05, 4.69) is 5.32 Å². The minimum Gasteiger partial charge on any atom is -0.495 e. The minimum absolute atomic E-state index is 0.310. The number of ether oxygens (including phenoxy) is 1. The van der Waals surface area contributed by atoms with Gasteiger partial charge < -0.3 is 15.8 Å². The summed E-state index contributed by atoms with van der Waals surface area (Å²) in [4.78, 5) is 0. The SMILES string of the molecule is COc1cc(Cl)c(NCC(C)(C)N)cc1Cl. The van der Waals surface area contributed by atoms with Gasteiger partial charge in [-0.1, -0.05) is 23.2 Å². The fourth-order valence-corrected chi connectivity index (χ4v) is 1.60. The highest BCUT2D eigenvalue weighted by atomic mass is 35.5. The number of halogens is 2. The van der Waals surface area contributed by atoms with Crippen LogP contribution in [0.2, 0.25) is 10.0 Å². The molecule has 0 fully saturated rings. The Hall–Kier alpha value is -0.640. The van der Waals surface area contributed by atoms with Crippen molar-refractivity contribution in [3.63, 3.8) is 0 Å². The van der Waals surface area contributed by atoms with E-state index >= 15 is 0 Å². The summed E-state index contributed by atoms with van der Waals surface area (Å²) in [7, 11) is 1.55. The van der Waals surface area contributed by atoms with Gasteiger partial charge in [-0.15, -0.1) is 0 Å². The molecule has 0 atom stereocenters. The first kappa shape index (κ1) is 13.4. The molecule has 0 saturated carbocycles. The van der Waals surface area contributed by atoms with Crippen LogP contribution in [0.4, 0.5) is 5.69 Å². The predicted molar refractivity (Wildman–Crippen MR) is 69.8 cm³/mol. The largest absolute Gasteiger partial charge is 0.495 e. The van der Waals surface area contributed by atoms with Gasteiger partial charge in [0.05, 0.1) is 22.8 Å². The number of hydrogen-bond acceptors (Lipinski definition) is 3. The molecule has 5 heteroatoms. The molecule has 1 rings (SSSR count). The second-order valence-electron chi connectivity index (χ2n) is 4.31. The Morgan fingerprint density at radius 2 is 1.94 bits per heavy atom. The second-order valence-corrected chi connectivity index (χ2v) is 5.12. The van der Waals surface area contributed by atoms with Crippen LogP contribution in [0.5, 0.6) is 5.75 Å². The van der Waals surface area contributed by atoms with Gasteiger partial charge in [0.2, 0.25) is 0 Å². The lowest BCUT2D eigenvalue weighted by Gasteiger charge is -2.20. The van der Waals surface area contributed by atoms with E-state index < -0.39 is 0 Å². The standard InChI is InChI=1S/C11H16Cl2N2O/c1-11(2,14)6-15-9-4-8(13)10(16-3)5-7(9)12/h4-5,15H,6,14H2,1-3H3. The molecule has 0 radical (unpaired) electrons. The third-order valence-electron chi connectivity index (χ3n) is 1.98. The highest BCUT2D eigenvalue weighted by Gasteiger charge is 2.12. The number of methoxy groups -OCH3 is 1. The topological polar surface area (TPSA) is 47.3 Å². The van der Waals surface area contributed by atoms with Gasteiger partial charge in [0, 0.05) is 18.2 Å².